The van der Waals surface area contributed by atoms with Crippen molar-refractivity contribution in [2.45, 2.75) is 20.8 Å². The molecule has 1 aromatic rings. The lowest BCUT2D eigenvalue weighted by atomic mass is 10.1. The molecule has 0 aromatic heterocycles. The Morgan fingerprint density at radius 3 is 1.95 bits per heavy atom. The van der Waals surface area contributed by atoms with Crippen LogP contribution in [0.15, 0.2) is 24.8 Å². The van der Waals surface area contributed by atoms with E-state index in [9.17, 15) is 14.4 Å². The SMILES string of the molecule is C=CCOC(=O)c1c(OC(C)=O)cc(C)cc1OC(C)=O. The van der Waals surface area contributed by atoms with Crippen molar-refractivity contribution in [2.24, 2.45) is 0 Å². The molecule has 0 bridgehead atoms. The number of rotatable bonds is 5. The molecule has 0 amide bonds. The summed E-state index contributed by atoms with van der Waals surface area (Å²) in [6, 6.07) is 2.97. The molecule has 21 heavy (non-hydrogen) atoms. The standard InChI is InChI=1S/C15H16O6/c1-5-6-19-15(18)14-12(20-10(3)16)7-9(2)8-13(14)21-11(4)17/h5,7-8H,1,6H2,2-4H3. The largest absolute Gasteiger partial charge is 0.458 e. The minimum absolute atomic E-state index is 0.0205. The normalized spacial score (nSPS) is 9.67. The molecule has 1 rings (SSSR count). The van der Waals surface area contributed by atoms with Crippen molar-refractivity contribution in [2.75, 3.05) is 6.61 Å². The summed E-state index contributed by atoms with van der Waals surface area (Å²) < 4.78 is 14.9. The molecule has 112 valence electrons. The second-order valence-corrected chi connectivity index (χ2v) is 4.21. The van der Waals surface area contributed by atoms with Gasteiger partial charge in [0.15, 0.2) is 0 Å². The number of carbonyl (C=O) groups excluding carboxylic acids is 3. The Morgan fingerprint density at radius 2 is 1.57 bits per heavy atom. The molecule has 0 N–H and O–H groups in total. The highest BCUT2D eigenvalue weighted by molar-refractivity contribution is 5.97. The van der Waals surface area contributed by atoms with Crippen LogP contribution in [0.1, 0.15) is 29.8 Å². The Balaban J connectivity index is 3.35. The van der Waals surface area contributed by atoms with Crippen LogP contribution in [0.5, 0.6) is 11.5 Å². The van der Waals surface area contributed by atoms with E-state index in [4.69, 9.17) is 14.2 Å². The summed E-state index contributed by atoms with van der Waals surface area (Å²) in [5.41, 5.74) is 0.538. The summed E-state index contributed by atoms with van der Waals surface area (Å²) in [4.78, 5) is 34.4. The fraction of sp³-hybridized carbons (Fsp3) is 0.267. The van der Waals surface area contributed by atoms with Crippen LogP contribution in [-0.2, 0) is 14.3 Å². The minimum Gasteiger partial charge on any atom is -0.458 e. The third-order valence-corrected chi connectivity index (χ3v) is 2.25. The van der Waals surface area contributed by atoms with Crippen molar-refractivity contribution >= 4 is 17.9 Å². The molecule has 0 saturated carbocycles. The Kier molecular flexibility index (Phi) is 5.66. The highest BCUT2D eigenvalue weighted by Gasteiger charge is 2.23. The van der Waals surface area contributed by atoms with E-state index in [0.717, 1.165) is 0 Å². The minimum atomic E-state index is -0.776. The van der Waals surface area contributed by atoms with E-state index in [2.05, 4.69) is 6.58 Å². The highest BCUT2D eigenvalue weighted by atomic mass is 16.6. The van der Waals surface area contributed by atoms with Crippen LogP contribution in [0.3, 0.4) is 0 Å². The van der Waals surface area contributed by atoms with Crippen LogP contribution < -0.4 is 9.47 Å². The number of hydrogen-bond donors (Lipinski definition) is 0. The number of carbonyl (C=O) groups is 3. The first kappa shape index (κ1) is 16.4. The van der Waals surface area contributed by atoms with Gasteiger partial charge in [0.25, 0.3) is 0 Å². The molecule has 0 unspecified atom stereocenters. The molecule has 0 radical (unpaired) electrons. The zero-order valence-corrected chi connectivity index (χ0v) is 12.1. The number of esters is 3. The number of aryl methyl sites for hydroxylation is 1. The fourth-order valence-corrected chi connectivity index (χ4v) is 1.60. The lowest BCUT2D eigenvalue weighted by molar-refractivity contribution is -0.132. The lowest BCUT2D eigenvalue weighted by Crippen LogP contribution is -2.14. The van der Waals surface area contributed by atoms with E-state index < -0.39 is 17.9 Å². The maximum Gasteiger partial charge on any atom is 0.346 e. The van der Waals surface area contributed by atoms with Crippen molar-refractivity contribution < 1.29 is 28.6 Å². The van der Waals surface area contributed by atoms with Crippen LogP contribution in [-0.4, -0.2) is 24.5 Å². The Labute approximate surface area is 122 Å². The summed E-state index contributed by atoms with van der Waals surface area (Å²) in [6.07, 6.45) is 1.39. The number of ether oxygens (including phenoxy) is 3. The van der Waals surface area contributed by atoms with E-state index in [1.807, 2.05) is 0 Å². The van der Waals surface area contributed by atoms with Crippen LogP contribution in [0.2, 0.25) is 0 Å². The maximum atomic E-state index is 12.1. The van der Waals surface area contributed by atoms with Crippen molar-refractivity contribution in [3.05, 3.63) is 35.9 Å². The van der Waals surface area contributed by atoms with Gasteiger partial charge in [-0.3, -0.25) is 9.59 Å². The van der Waals surface area contributed by atoms with Crippen molar-refractivity contribution in [3.63, 3.8) is 0 Å². The fourth-order valence-electron chi connectivity index (χ4n) is 1.60. The number of hydrogen-bond acceptors (Lipinski definition) is 6. The average Bonchev–Trinajstić information content (AvgIpc) is 2.33. The van der Waals surface area contributed by atoms with Gasteiger partial charge in [-0.1, -0.05) is 12.7 Å². The molecular formula is C15H16O6. The van der Waals surface area contributed by atoms with Gasteiger partial charge in [-0.15, -0.1) is 0 Å². The van der Waals surface area contributed by atoms with Gasteiger partial charge in [0, 0.05) is 13.8 Å². The Bertz CT molecular complexity index is 551. The van der Waals surface area contributed by atoms with Gasteiger partial charge < -0.3 is 14.2 Å². The molecular weight excluding hydrogens is 276 g/mol. The van der Waals surface area contributed by atoms with Gasteiger partial charge in [-0.05, 0) is 24.6 Å². The van der Waals surface area contributed by atoms with Crippen LogP contribution >= 0.6 is 0 Å². The quantitative estimate of drug-likeness (QED) is 0.470. The summed E-state index contributed by atoms with van der Waals surface area (Å²) in [5, 5.41) is 0. The van der Waals surface area contributed by atoms with Gasteiger partial charge in [0.1, 0.15) is 23.7 Å². The van der Waals surface area contributed by atoms with Gasteiger partial charge in [0.05, 0.1) is 0 Å². The van der Waals surface area contributed by atoms with Crippen molar-refractivity contribution in [1.82, 2.24) is 0 Å². The Morgan fingerprint density at radius 1 is 1.10 bits per heavy atom. The van der Waals surface area contributed by atoms with Crippen molar-refractivity contribution in [1.29, 1.82) is 0 Å². The molecule has 0 aliphatic carbocycles. The van der Waals surface area contributed by atoms with Gasteiger partial charge in [-0.25, -0.2) is 4.79 Å². The monoisotopic (exact) mass is 292 g/mol. The van der Waals surface area contributed by atoms with E-state index in [-0.39, 0.29) is 23.7 Å². The maximum absolute atomic E-state index is 12.1. The first-order valence-electron chi connectivity index (χ1n) is 6.14. The molecule has 0 aliphatic rings. The number of benzene rings is 1. The molecule has 0 heterocycles. The third-order valence-electron chi connectivity index (χ3n) is 2.25. The van der Waals surface area contributed by atoms with E-state index >= 15 is 0 Å². The summed E-state index contributed by atoms with van der Waals surface area (Å²) >= 11 is 0. The predicted octanol–water partition coefficient (Wildman–Crippen LogP) is 2.19. The van der Waals surface area contributed by atoms with E-state index in [1.165, 1.54) is 32.1 Å². The van der Waals surface area contributed by atoms with Gasteiger partial charge in [-0.2, -0.15) is 0 Å². The highest BCUT2D eigenvalue weighted by Crippen LogP contribution is 2.32. The zero-order valence-electron chi connectivity index (χ0n) is 12.1. The first-order chi connectivity index (χ1) is 9.85. The molecule has 6 heteroatoms. The smallest absolute Gasteiger partial charge is 0.346 e. The van der Waals surface area contributed by atoms with E-state index in [0.29, 0.717) is 5.56 Å². The molecule has 0 aliphatic heterocycles. The van der Waals surface area contributed by atoms with Crippen LogP contribution in [0, 0.1) is 6.92 Å². The molecule has 0 atom stereocenters. The van der Waals surface area contributed by atoms with Crippen molar-refractivity contribution in [3.8, 4) is 11.5 Å². The van der Waals surface area contributed by atoms with Gasteiger partial charge >= 0.3 is 17.9 Å². The summed E-state index contributed by atoms with van der Waals surface area (Å²) in [6.45, 7) is 7.52. The van der Waals surface area contributed by atoms with Crippen LogP contribution in [0.25, 0.3) is 0 Å². The van der Waals surface area contributed by atoms with Gasteiger partial charge in [0.2, 0.25) is 0 Å². The zero-order chi connectivity index (χ0) is 16.0. The summed E-state index contributed by atoms with van der Waals surface area (Å²) in [5.74, 6) is -2.03. The second kappa shape index (κ2) is 7.23. The lowest BCUT2D eigenvalue weighted by Gasteiger charge is -2.13. The van der Waals surface area contributed by atoms with E-state index in [1.54, 1.807) is 6.92 Å². The second-order valence-electron chi connectivity index (χ2n) is 4.21. The summed E-state index contributed by atoms with van der Waals surface area (Å²) in [7, 11) is 0. The predicted molar refractivity (Wildman–Crippen MR) is 74.3 cm³/mol. The molecule has 0 spiro atoms. The molecule has 6 nitrogen and oxygen atoms in total. The average molecular weight is 292 g/mol. The Hall–Kier alpha value is -2.63. The molecule has 1 aromatic carbocycles. The first-order valence-corrected chi connectivity index (χ1v) is 6.14. The third kappa shape index (κ3) is 4.76. The molecule has 0 saturated heterocycles. The molecule has 0 fully saturated rings. The topological polar surface area (TPSA) is 78.9 Å². The van der Waals surface area contributed by atoms with Crippen LogP contribution in [0.4, 0.5) is 0 Å².